The Hall–Kier alpha value is -1.45. The summed E-state index contributed by atoms with van der Waals surface area (Å²) in [5.74, 6) is -0.419. The summed E-state index contributed by atoms with van der Waals surface area (Å²) in [4.78, 5) is 24.4. The third-order valence-electron chi connectivity index (χ3n) is 2.78. The van der Waals surface area contributed by atoms with Crippen LogP contribution in [0.25, 0.3) is 0 Å². The van der Waals surface area contributed by atoms with Crippen molar-refractivity contribution in [1.82, 2.24) is 14.9 Å². The molecule has 7 nitrogen and oxygen atoms in total. The number of hydrogen-bond acceptors (Lipinski definition) is 5. The Morgan fingerprint density at radius 1 is 1.50 bits per heavy atom. The van der Waals surface area contributed by atoms with Crippen LogP contribution in [0.1, 0.15) is 6.42 Å². The molecule has 0 aliphatic carbocycles. The van der Waals surface area contributed by atoms with Gasteiger partial charge in [0.2, 0.25) is 21.8 Å². The molecule has 2 N–H and O–H groups in total. The molecule has 1 fully saturated rings. The number of nitrogens with zero attached hydrogens (tertiary/aromatic N) is 1. The van der Waals surface area contributed by atoms with Crippen LogP contribution in [0.4, 0.5) is 0 Å². The highest BCUT2D eigenvalue weighted by molar-refractivity contribution is 7.91. The first kappa shape index (κ1) is 14.9. The fourth-order valence-corrected chi connectivity index (χ4v) is 3.86. The highest BCUT2D eigenvalue weighted by Gasteiger charge is 2.21. The first-order valence-electron chi connectivity index (χ1n) is 6.07. The van der Waals surface area contributed by atoms with E-state index in [2.05, 4.69) is 10.0 Å². The molecule has 9 heteroatoms. The molecule has 1 aromatic rings. The van der Waals surface area contributed by atoms with Gasteiger partial charge in [0.25, 0.3) is 0 Å². The fourth-order valence-electron chi connectivity index (χ4n) is 1.79. The quantitative estimate of drug-likeness (QED) is 0.756. The molecule has 0 radical (unpaired) electrons. The Bertz CT molecular complexity index is 583. The average molecular weight is 317 g/mol. The Morgan fingerprint density at radius 2 is 2.30 bits per heavy atom. The number of carbonyl (C=O) groups is 2. The maximum absolute atomic E-state index is 11.8. The van der Waals surface area contributed by atoms with Crippen molar-refractivity contribution in [2.45, 2.75) is 10.6 Å². The minimum absolute atomic E-state index is 0.0250. The molecule has 0 saturated carbocycles. The van der Waals surface area contributed by atoms with Crippen LogP contribution >= 0.6 is 11.3 Å². The maximum atomic E-state index is 11.8. The lowest BCUT2D eigenvalue weighted by molar-refractivity contribution is -0.138. The van der Waals surface area contributed by atoms with Gasteiger partial charge in [0, 0.05) is 26.1 Å². The van der Waals surface area contributed by atoms with Crippen LogP contribution in [-0.4, -0.2) is 51.3 Å². The van der Waals surface area contributed by atoms with E-state index in [9.17, 15) is 18.0 Å². The topological polar surface area (TPSA) is 95.6 Å². The summed E-state index contributed by atoms with van der Waals surface area (Å²) < 4.78 is 26.2. The first-order valence-corrected chi connectivity index (χ1v) is 8.43. The molecule has 0 atom stereocenters. The zero-order chi connectivity index (χ0) is 14.6. The number of carbonyl (C=O) groups excluding carboxylic acids is 2. The Morgan fingerprint density at radius 3 is 2.95 bits per heavy atom. The minimum Gasteiger partial charge on any atom is -0.353 e. The van der Waals surface area contributed by atoms with E-state index >= 15 is 0 Å². The van der Waals surface area contributed by atoms with Crippen molar-refractivity contribution in [2.75, 3.05) is 26.2 Å². The van der Waals surface area contributed by atoms with Crippen LogP contribution in [0.3, 0.4) is 0 Å². The van der Waals surface area contributed by atoms with Gasteiger partial charge in [0.05, 0.1) is 6.54 Å². The normalized spacial score (nSPS) is 16.0. The summed E-state index contributed by atoms with van der Waals surface area (Å²) in [6.07, 6.45) is 0.0396. The van der Waals surface area contributed by atoms with Crippen molar-refractivity contribution in [3.63, 3.8) is 0 Å². The van der Waals surface area contributed by atoms with Gasteiger partial charge in [0.1, 0.15) is 4.21 Å². The summed E-state index contributed by atoms with van der Waals surface area (Å²) in [5, 5.41) is 4.30. The molecule has 1 saturated heterocycles. The lowest BCUT2D eigenvalue weighted by Gasteiger charge is -2.26. The number of thiophene rings is 1. The highest BCUT2D eigenvalue weighted by Crippen LogP contribution is 2.15. The van der Waals surface area contributed by atoms with E-state index in [0.717, 1.165) is 11.3 Å². The van der Waals surface area contributed by atoms with Crippen molar-refractivity contribution in [3.8, 4) is 0 Å². The molecule has 110 valence electrons. The van der Waals surface area contributed by atoms with E-state index in [1.807, 2.05) is 0 Å². The summed E-state index contributed by atoms with van der Waals surface area (Å²) in [5.41, 5.74) is 0. The zero-order valence-corrected chi connectivity index (χ0v) is 12.3. The van der Waals surface area contributed by atoms with Gasteiger partial charge in [-0.15, -0.1) is 11.3 Å². The van der Waals surface area contributed by atoms with Crippen LogP contribution in [-0.2, 0) is 19.6 Å². The minimum atomic E-state index is -3.54. The molecule has 2 rings (SSSR count). The molecule has 1 aromatic heterocycles. The van der Waals surface area contributed by atoms with E-state index in [-0.39, 0.29) is 35.5 Å². The van der Waals surface area contributed by atoms with Crippen LogP contribution in [0, 0.1) is 0 Å². The molecule has 20 heavy (non-hydrogen) atoms. The van der Waals surface area contributed by atoms with E-state index in [1.165, 1.54) is 11.0 Å². The maximum Gasteiger partial charge on any atom is 0.250 e. The third kappa shape index (κ3) is 3.78. The Labute approximate surface area is 121 Å². The standard InChI is InChI=1S/C11H15N3O4S2/c15-9-8-14(6-5-12-9)10(16)3-4-13-20(17,18)11-2-1-7-19-11/h1-2,7,13H,3-6,8H2,(H,12,15). The van der Waals surface area contributed by atoms with Crippen molar-refractivity contribution in [1.29, 1.82) is 0 Å². The number of sulfonamides is 1. The third-order valence-corrected chi connectivity index (χ3v) is 5.64. The van der Waals surface area contributed by atoms with Gasteiger partial charge in [-0.2, -0.15) is 0 Å². The summed E-state index contributed by atoms with van der Waals surface area (Å²) in [6, 6.07) is 3.15. The molecule has 1 aliphatic rings. The zero-order valence-electron chi connectivity index (χ0n) is 10.7. The number of nitrogens with one attached hydrogen (secondary N) is 2. The Kier molecular flexibility index (Phi) is 4.73. The van der Waals surface area contributed by atoms with E-state index in [4.69, 9.17) is 0 Å². The van der Waals surface area contributed by atoms with Crippen molar-refractivity contribution in [3.05, 3.63) is 17.5 Å². The summed E-state index contributed by atoms with van der Waals surface area (Å²) in [6.45, 7) is 0.960. The number of amides is 2. The molecule has 0 unspecified atom stereocenters. The van der Waals surface area contributed by atoms with Gasteiger partial charge in [-0.1, -0.05) is 6.07 Å². The lowest BCUT2D eigenvalue weighted by Crippen LogP contribution is -2.50. The van der Waals surface area contributed by atoms with Crippen LogP contribution in [0.2, 0.25) is 0 Å². The second-order valence-corrected chi connectivity index (χ2v) is 7.19. The number of hydrogen-bond donors (Lipinski definition) is 2. The van der Waals surface area contributed by atoms with Gasteiger partial charge < -0.3 is 10.2 Å². The first-order chi connectivity index (χ1) is 9.49. The summed E-state index contributed by atoms with van der Waals surface area (Å²) >= 11 is 1.12. The Balaban J connectivity index is 1.81. The van der Waals surface area contributed by atoms with Crippen LogP contribution in [0.15, 0.2) is 21.7 Å². The predicted molar refractivity (Wildman–Crippen MR) is 73.7 cm³/mol. The molecular formula is C11H15N3O4S2. The van der Waals surface area contributed by atoms with E-state index in [1.54, 1.807) is 11.4 Å². The highest BCUT2D eigenvalue weighted by atomic mass is 32.2. The molecule has 2 heterocycles. The number of rotatable bonds is 5. The van der Waals surface area contributed by atoms with Gasteiger partial charge in [-0.05, 0) is 11.4 Å². The smallest absolute Gasteiger partial charge is 0.250 e. The monoisotopic (exact) mass is 317 g/mol. The molecule has 2 amide bonds. The fraction of sp³-hybridized carbons (Fsp3) is 0.455. The van der Waals surface area contributed by atoms with E-state index in [0.29, 0.717) is 13.1 Å². The number of piperazine rings is 1. The average Bonchev–Trinajstić information content (AvgIpc) is 2.93. The molecule has 1 aliphatic heterocycles. The molecule has 0 spiro atoms. The van der Waals surface area contributed by atoms with Gasteiger partial charge in [-0.3, -0.25) is 9.59 Å². The molecular weight excluding hydrogens is 302 g/mol. The molecule has 0 bridgehead atoms. The van der Waals surface area contributed by atoms with Crippen molar-refractivity contribution < 1.29 is 18.0 Å². The second-order valence-electron chi connectivity index (χ2n) is 4.25. The van der Waals surface area contributed by atoms with Crippen molar-refractivity contribution in [2.24, 2.45) is 0 Å². The van der Waals surface area contributed by atoms with Gasteiger partial charge in [-0.25, -0.2) is 13.1 Å². The largest absolute Gasteiger partial charge is 0.353 e. The van der Waals surface area contributed by atoms with E-state index < -0.39 is 10.0 Å². The predicted octanol–water partition coefficient (Wildman–Crippen LogP) is -0.625. The van der Waals surface area contributed by atoms with Gasteiger partial charge >= 0.3 is 0 Å². The SMILES string of the molecule is O=C1CN(C(=O)CCNS(=O)(=O)c2cccs2)CCN1. The van der Waals surface area contributed by atoms with Crippen LogP contribution in [0.5, 0.6) is 0 Å². The summed E-state index contributed by atoms with van der Waals surface area (Å²) in [7, 11) is -3.54. The lowest BCUT2D eigenvalue weighted by atomic mass is 10.3. The van der Waals surface area contributed by atoms with Crippen molar-refractivity contribution >= 4 is 33.2 Å². The second kappa shape index (κ2) is 6.33. The molecule has 0 aromatic carbocycles. The van der Waals surface area contributed by atoms with Gasteiger partial charge in [0.15, 0.2) is 0 Å². The van der Waals surface area contributed by atoms with Crippen LogP contribution < -0.4 is 10.0 Å².